The number of aromatic nitrogens is 2. The minimum atomic E-state index is 0. The SMILES string of the molecule is CNC(C)Cc1noc(CSCC(=O)N(C)C2CCCCC2)n1.Cl. The molecule has 0 aliphatic heterocycles. The molecular formula is C16H29ClN4O2S. The molecule has 1 fully saturated rings. The number of amides is 1. The minimum Gasteiger partial charge on any atom is -0.342 e. The van der Waals surface area contributed by atoms with Crippen LogP contribution in [0.5, 0.6) is 0 Å². The molecule has 0 spiro atoms. The van der Waals surface area contributed by atoms with Crippen molar-refractivity contribution in [1.29, 1.82) is 0 Å². The molecule has 0 radical (unpaired) electrons. The van der Waals surface area contributed by atoms with E-state index in [0.717, 1.165) is 19.3 Å². The van der Waals surface area contributed by atoms with E-state index in [1.807, 2.05) is 19.0 Å². The van der Waals surface area contributed by atoms with Crippen molar-refractivity contribution in [3.63, 3.8) is 0 Å². The Labute approximate surface area is 154 Å². The number of hydrogen-bond donors (Lipinski definition) is 1. The van der Waals surface area contributed by atoms with Crippen LogP contribution < -0.4 is 5.32 Å². The number of nitrogens with zero attached hydrogens (tertiary/aromatic N) is 3. The fourth-order valence-corrected chi connectivity index (χ4v) is 3.58. The van der Waals surface area contributed by atoms with E-state index in [4.69, 9.17) is 4.52 Å². The predicted molar refractivity (Wildman–Crippen MR) is 99.6 cm³/mol. The van der Waals surface area contributed by atoms with Crippen molar-refractivity contribution in [2.75, 3.05) is 19.8 Å². The van der Waals surface area contributed by atoms with Crippen LogP contribution in [0.1, 0.15) is 50.7 Å². The Morgan fingerprint density at radius 3 is 2.79 bits per heavy atom. The fraction of sp³-hybridized carbons (Fsp3) is 0.812. The standard InChI is InChI=1S/C16H28N4O2S.ClH/c1-12(17-2)9-14-18-15(22-19-14)10-23-11-16(21)20(3)13-7-5-4-6-8-13;/h12-13,17H,4-11H2,1-3H3;1H. The first-order chi connectivity index (χ1) is 11.1. The van der Waals surface area contributed by atoms with Crippen molar-refractivity contribution in [3.8, 4) is 0 Å². The molecule has 1 atom stereocenters. The summed E-state index contributed by atoms with van der Waals surface area (Å²) < 4.78 is 5.23. The third-order valence-corrected chi connectivity index (χ3v) is 5.36. The highest BCUT2D eigenvalue weighted by Crippen LogP contribution is 2.22. The van der Waals surface area contributed by atoms with Gasteiger partial charge in [-0.3, -0.25) is 4.79 Å². The zero-order chi connectivity index (χ0) is 16.7. The van der Waals surface area contributed by atoms with Crippen molar-refractivity contribution >= 4 is 30.1 Å². The van der Waals surface area contributed by atoms with Crippen LogP contribution in [0.15, 0.2) is 4.52 Å². The fourth-order valence-electron chi connectivity index (χ4n) is 2.81. The molecular weight excluding hydrogens is 348 g/mol. The van der Waals surface area contributed by atoms with Crippen LogP contribution in [0.25, 0.3) is 0 Å². The summed E-state index contributed by atoms with van der Waals surface area (Å²) in [5.41, 5.74) is 0. The van der Waals surface area contributed by atoms with E-state index in [1.165, 1.54) is 19.3 Å². The number of rotatable bonds is 8. The summed E-state index contributed by atoms with van der Waals surface area (Å²) in [6.07, 6.45) is 6.82. The average molecular weight is 377 g/mol. The van der Waals surface area contributed by atoms with Crippen LogP contribution in [0.2, 0.25) is 0 Å². The molecule has 1 unspecified atom stereocenters. The van der Waals surface area contributed by atoms with Crippen molar-refractivity contribution in [2.45, 2.75) is 63.3 Å². The van der Waals surface area contributed by atoms with Gasteiger partial charge < -0.3 is 14.7 Å². The monoisotopic (exact) mass is 376 g/mol. The lowest BCUT2D eigenvalue weighted by molar-refractivity contribution is -0.129. The van der Waals surface area contributed by atoms with E-state index in [-0.39, 0.29) is 18.3 Å². The molecule has 6 nitrogen and oxygen atoms in total. The Bertz CT molecular complexity index is 494. The molecule has 0 saturated heterocycles. The maximum atomic E-state index is 12.3. The Kier molecular flexibility index (Phi) is 9.69. The van der Waals surface area contributed by atoms with E-state index in [9.17, 15) is 4.79 Å². The first-order valence-electron chi connectivity index (χ1n) is 8.42. The quantitative estimate of drug-likeness (QED) is 0.752. The molecule has 1 N–H and O–H groups in total. The van der Waals surface area contributed by atoms with Crippen LogP contribution in [0, 0.1) is 0 Å². The van der Waals surface area contributed by atoms with Crippen LogP contribution in [0.3, 0.4) is 0 Å². The van der Waals surface area contributed by atoms with Crippen LogP contribution in [0.4, 0.5) is 0 Å². The highest BCUT2D eigenvalue weighted by atomic mass is 35.5. The third-order valence-electron chi connectivity index (χ3n) is 4.46. The van der Waals surface area contributed by atoms with Crippen LogP contribution in [-0.4, -0.2) is 52.9 Å². The molecule has 1 aliphatic rings. The normalized spacial score (nSPS) is 16.5. The summed E-state index contributed by atoms with van der Waals surface area (Å²) >= 11 is 1.54. The molecule has 1 amide bonds. The van der Waals surface area contributed by atoms with Gasteiger partial charge in [0.1, 0.15) is 0 Å². The molecule has 1 saturated carbocycles. The largest absolute Gasteiger partial charge is 0.342 e. The van der Waals surface area contributed by atoms with Gasteiger partial charge in [0, 0.05) is 25.6 Å². The van der Waals surface area contributed by atoms with Gasteiger partial charge >= 0.3 is 0 Å². The first-order valence-corrected chi connectivity index (χ1v) is 9.57. The Morgan fingerprint density at radius 1 is 1.42 bits per heavy atom. The van der Waals surface area contributed by atoms with E-state index >= 15 is 0 Å². The smallest absolute Gasteiger partial charge is 0.236 e. The number of hydrogen-bond acceptors (Lipinski definition) is 6. The molecule has 0 bridgehead atoms. The molecule has 2 rings (SSSR count). The van der Waals surface area contributed by atoms with Gasteiger partial charge in [-0.05, 0) is 26.8 Å². The number of carbonyl (C=O) groups excluding carboxylic acids is 1. The molecule has 138 valence electrons. The second-order valence-corrected chi connectivity index (χ2v) is 7.27. The molecule has 1 aromatic rings. The summed E-state index contributed by atoms with van der Waals surface area (Å²) in [6, 6.07) is 0.744. The summed E-state index contributed by atoms with van der Waals surface area (Å²) in [5.74, 6) is 2.57. The second-order valence-electron chi connectivity index (χ2n) is 6.29. The lowest BCUT2D eigenvalue weighted by Gasteiger charge is -2.31. The molecule has 8 heteroatoms. The van der Waals surface area contributed by atoms with E-state index < -0.39 is 0 Å². The third kappa shape index (κ3) is 6.61. The number of thioether (sulfide) groups is 1. The second kappa shape index (κ2) is 10.9. The van der Waals surface area contributed by atoms with E-state index in [2.05, 4.69) is 22.4 Å². The van der Waals surface area contributed by atoms with Crippen molar-refractivity contribution < 1.29 is 9.32 Å². The van der Waals surface area contributed by atoms with Crippen LogP contribution in [-0.2, 0) is 17.0 Å². The zero-order valence-corrected chi connectivity index (χ0v) is 16.4. The number of halogens is 1. The Balaban J connectivity index is 0.00000288. The van der Waals surface area contributed by atoms with Gasteiger partial charge in [-0.2, -0.15) is 4.98 Å². The topological polar surface area (TPSA) is 71.3 Å². The molecule has 24 heavy (non-hydrogen) atoms. The molecule has 1 aromatic heterocycles. The average Bonchev–Trinajstić information content (AvgIpc) is 3.02. The van der Waals surface area contributed by atoms with Gasteiger partial charge in [0.2, 0.25) is 11.8 Å². The van der Waals surface area contributed by atoms with Crippen LogP contribution >= 0.6 is 24.2 Å². The molecule has 0 aromatic carbocycles. The van der Waals surface area contributed by atoms with Crippen molar-refractivity contribution in [2.24, 2.45) is 0 Å². The molecule has 1 aliphatic carbocycles. The highest BCUT2D eigenvalue weighted by Gasteiger charge is 2.22. The predicted octanol–water partition coefficient (Wildman–Crippen LogP) is 2.67. The summed E-state index contributed by atoms with van der Waals surface area (Å²) in [6.45, 7) is 2.07. The van der Waals surface area contributed by atoms with Gasteiger partial charge in [0.05, 0.1) is 11.5 Å². The number of likely N-dealkylation sites (N-methyl/N-ethyl adjacent to an activating group) is 1. The van der Waals surface area contributed by atoms with Gasteiger partial charge in [-0.15, -0.1) is 24.2 Å². The van der Waals surface area contributed by atoms with E-state index in [0.29, 0.717) is 35.3 Å². The number of carbonyl (C=O) groups is 1. The lowest BCUT2D eigenvalue weighted by atomic mass is 9.94. The van der Waals surface area contributed by atoms with Gasteiger partial charge in [-0.25, -0.2) is 0 Å². The number of nitrogens with one attached hydrogen (secondary N) is 1. The van der Waals surface area contributed by atoms with Crippen molar-refractivity contribution in [3.05, 3.63) is 11.7 Å². The highest BCUT2D eigenvalue weighted by molar-refractivity contribution is 7.99. The molecule has 1 heterocycles. The Hall–Kier alpha value is -0.790. The van der Waals surface area contributed by atoms with Gasteiger partial charge in [-0.1, -0.05) is 24.4 Å². The zero-order valence-electron chi connectivity index (χ0n) is 14.8. The van der Waals surface area contributed by atoms with Gasteiger partial charge in [0.15, 0.2) is 5.82 Å². The van der Waals surface area contributed by atoms with E-state index in [1.54, 1.807) is 11.8 Å². The summed E-state index contributed by atoms with van der Waals surface area (Å²) in [4.78, 5) is 18.5. The maximum Gasteiger partial charge on any atom is 0.236 e. The lowest BCUT2D eigenvalue weighted by Crippen LogP contribution is -2.39. The van der Waals surface area contributed by atoms with Crippen molar-refractivity contribution in [1.82, 2.24) is 20.4 Å². The Morgan fingerprint density at radius 2 is 2.12 bits per heavy atom. The van der Waals surface area contributed by atoms with Gasteiger partial charge in [0.25, 0.3) is 0 Å². The summed E-state index contributed by atoms with van der Waals surface area (Å²) in [5, 5.41) is 7.12. The minimum absolute atomic E-state index is 0. The first kappa shape index (κ1) is 21.3. The summed E-state index contributed by atoms with van der Waals surface area (Å²) in [7, 11) is 3.85. The maximum absolute atomic E-state index is 12.3.